The highest BCUT2D eigenvalue weighted by atomic mass is 16.3. The van der Waals surface area contributed by atoms with Gasteiger partial charge in [-0.05, 0) is 127 Å². The van der Waals surface area contributed by atoms with Gasteiger partial charge in [-0.3, -0.25) is 0 Å². The number of hydrogen-bond donors (Lipinski definition) is 0. The summed E-state index contributed by atoms with van der Waals surface area (Å²) in [6.45, 7) is 4.74. The highest BCUT2D eigenvalue weighted by Crippen LogP contribution is 2.52. The van der Waals surface area contributed by atoms with Crippen LogP contribution in [-0.2, 0) is 5.41 Å². The summed E-state index contributed by atoms with van der Waals surface area (Å²) in [7, 11) is 0. The molecule has 0 amide bonds. The second-order valence-electron chi connectivity index (χ2n) is 15.4. The topological polar surface area (TPSA) is 16.4 Å². The van der Waals surface area contributed by atoms with Crippen molar-refractivity contribution in [2.24, 2.45) is 0 Å². The third-order valence-corrected chi connectivity index (χ3v) is 11.8. The number of rotatable bonds is 5. The average molecular weight is 704 g/mol. The molecule has 0 radical (unpaired) electrons. The van der Waals surface area contributed by atoms with E-state index in [0.29, 0.717) is 0 Å². The van der Waals surface area contributed by atoms with Crippen molar-refractivity contribution in [2.75, 3.05) is 4.90 Å². The van der Waals surface area contributed by atoms with Crippen LogP contribution in [0.4, 0.5) is 17.1 Å². The minimum atomic E-state index is -0.198. The number of nitrogens with zero attached hydrogens (tertiary/aromatic N) is 1. The molecule has 0 fully saturated rings. The van der Waals surface area contributed by atoms with E-state index in [1.54, 1.807) is 0 Å². The highest BCUT2D eigenvalue weighted by Gasteiger charge is 2.36. The van der Waals surface area contributed by atoms with E-state index in [1.807, 2.05) is 12.1 Å². The first-order valence-corrected chi connectivity index (χ1v) is 19.1. The molecule has 1 aliphatic rings. The standard InChI is InChI=1S/C53H37NO/c1-53(2)49-32-39(38-22-29-52-48(31-38)47-15-7-8-17-51(47)55-52)21-27-45(49)46-28-26-42(33-50(46)53)54(41-25-18-34-10-3-4-12-37(34)30-41)40-23-19-36(20-24-40)44-16-9-13-35-11-5-6-14-43(35)44/h3-33H,1-2H3. The molecule has 0 saturated heterocycles. The van der Waals surface area contributed by atoms with Gasteiger partial charge in [-0.2, -0.15) is 0 Å². The van der Waals surface area contributed by atoms with Crippen molar-refractivity contribution < 1.29 is 4.42 Å². The summed E-state index contributed by atoms with van der Waals surface area (Å²) in [4.78, 5) is 2.41. The SMILES string of the molecule is CC1(C)c2cc(-c3ccc4oc5ccccc5c4c3)ccc2-c2ccc(N(c3ccc(-c4cccc5ccccc45)cc3)c3ccc4ccccc4c3)cc21. The van der Waals surface area contributed by atoms with E-state index >= 15 is 0 Å². The van der Waals surface area contributed by atoms with Crippen molar-refractivity contribution >= 4 is 60.5 Å². The lowest BCUT2D eigenvalue weighted by Crippen LogP contribution is -2.16. The minimum absolute atomic E-state index is 0.198. The van der Waals surface area contributed by atoms with Crippen molar-refractivity contribution in [3.8, 4) is 33.4 Å². The molecule has 2 nitrogen and oxygen atoms in total. The summed E-state index contributed by atoms with van der Waals surface area (Å²) in [6, 6.07) is 68.6. The van der Waals surface area contributed by atoms with Gasteiger partial charge < -0.3 is 9.32 Å². The van der Waals surface area contributed by atoms with Gasteiger partial charge in [-0.15, -0.1) is 0 Å². The summed E-state index contributed by atoms with van der Waals surface area (Å²) in [5.74, 6) is 0. The maximum absolute atomic E-state index is 6.15. The fraction of sp³-hybridized carbons (Fsp3) is 0.0566. The van der Waals surface area contributed by atoms with Gasteiger partial charge in [0.15, 0.2) is 0 Å². The molecule has 0 saturated carbocycles. The molecule has 0 aliphatic heterocycles. The molecule has 2 heteroatoms. The first-order valence-electron chi connectivity index (χ1n) is 19.1. The van der Waals surface area contributed by atoms with E-state index in [4.69, 9.17) is 4.42 Å². The van der Waals surface area contributed by atoms with Crippen molar-refractivity contribution in [1.82, 2.24) is 0 Å². The van der Waals surface area contributed by atoms with Crippen LogP contribution >= 0.6 is 0 Å². The van der Waals surface area contributed by atoms with E-state index in [9.17, 15) is 0 Å². The van der Waals surface area contributed by atoms with Gasteiger partial charge in [0.25, 0.3) is 0 Å². The summed E-state index contributed by atoms with van der Waals surface area (Å²) in [5.41, 5.74) is 15.2. The number of benzene rings is 9. The molecule has 1 heterocycles. The van der Waals surface area contributed by atoms with Gasteiger partial charge in [0.05, 0.1) is 0 Å². The number of furan rings is 1. The average Bonchev–Trinajstić information content (AvgIpc) is 3.72. The van der Waals surface area contributed by atoms with Crippen LogP contribution in [0.15, 0.2) is 192 Å². The molecule has 0 spiro atoms. The Labute approximate surface area is 320 Å². The second kappa shape index (κ2) is 12.1. The Hall–Kier alpha value is -6.90. The first-order chi connectivity index (χ1) is 27.0. The van der Waals surface area contributed by atoms with Gasteiger partial charge in [0.1, 0.15) is 11.2 Å². The summed E-state index contributed by atoms with van der Waals surface area (Å²) in [5, 5.41) is 7.28. The van der Waals surface area contributed by atoms with Crippen LogP contribution in [0.25, 0.3) is 76.9 Å². The lowest BCUT2D eigenvalue weighted by atomic mass is 9.81. The monoisotopic (exact) mass is 703 g/mol. The van der Waals surface area contributed by atoms with Crippen LogP contribution in [0.5, 0.6) is 0 Å². The van der Waals surface area contributed by atoms with Gasteiger partial charge in [0.2, 0.25) is 0 Å². The van der Waals surface area contributed by atoms with Crippen molar-refractivity contribution in [2.45, 2.75) is 19.3 Å². The van der Waals surface area contributed by atoms with E-state index in [0.717, 1.165) is 39.0 Å². The third kappa shape index (κ3) is 5.02. The van der Waals surface area contributed by atoms with Crippen LogP contribution < -0.4 is 4.90 Å². The second-order valence-corrected chi connectivity index (χ2v) is 15.4. The molecule has 260 valence electrons. The first kappa shape index (κ1) is 31.6. The van der Waals surface area contributed by atoms with Gasteiger partial charge >= 0.3 is 0 Å². The molecule has 10 aromatic rings. The van der Waals surface area contributed by atoms with E-state index in [-0.39, 0.29) is 5.41 Å². The highest BCUT2D eigenvalue weighted by molar-refractivity contribution is 6.06. The Balaban J connectivity index is 1.01. The molecule has 9 aromatic carbocycles. The Morgan fingerprint density at radius 2 is 0.945 bits per heavy atom. The predicted octanol–water partition coefficient (Wildman–Crippen LogP) is 15.0. The quantitative estimate of drug-likeness (QED) is 0.177. The summed E-state index contributed by atoms with van der Waals surface area (Å²) >= 11 is 0. The summed E-state index contributed by atoms with van der Waals surface area (Å²) in [6.07, 6.45) is 0. The Morgan fingerprint density at radius 1 is 0.364 bits per heavy atom. The molecule has 0 atom stereocenters. The van der Waals surface area contributed by atoms with E-state index in [2.05, 4.69) is 195 Å². The largest absolute Gasteiger partial charge is 0.456 e. The van der Waals surface area contributed by atoms with Gasteiger partial charge in [-0.1, -0.05) is 141 Å². The van der Waals surface area contributed by atoms with Gasteiger partial charge in [-0.25, -0.2) is 0 Å². The van der Waals surface area contributed by atoms with Gasteiger partial charge in [0, 0.05) is 33.2 Å². The van der Waals surface area contributed by atoms with Crippen molar-refractivity contribution in [3.05, 3.63) is 199 Å². The Bertz CT molecular complexity index is 3120. The molecule has 55 heavy (non-hydrogen) atoms. The molecular weight excluding hydrogens is 667 g/mol. The normalized spacial score (nSPS) is 13.1. The fourth-order valence-electron chi connectivity index (χ4n) is 8.98. The molecule has 1 aromatic heterocycles. The smallest absolute Gasteiger partial charge is 0.135 e. The van der Waals surface area contributed by atoms with Crippen molar-refractivity contribution in [3.63, 3.8) is 0 Å². The summed E-state index contributed by atoms with van der Waals surface area (Å²) < 4.78 is 6.15. The number of para-hydroxylation sites is 1. The molecule has 0 N–H and O–H groups in total. The van der Waals surface area contributed by atoms with E-state index in [1.165, 1.54) is 66.1 Å². The number of fused-ring (bicyclic) bond motifs is 8. The number of anilines is 3. The minimum Gasteiger partial charge on any atom is -0.456 e. The molecule has 0 unspecified atom stereocenters. The Kier molecular flexibility index (Phi) is 6.93. The lowest BCUT2D eigenvalue weighted by molar-refractivity contribution is 0.660. The van der Waals surface area contributed by atoms with E-state index < -0.39 is 0 Å². The van der Waals surface area contributed by atoms with Crippen molar-refractivity contribution in [1.29, 1.82) is 0 Å². The molecule has 11 rings (SSSR count). The third-order valence-electron chi connectivity index (χ3n) is 11.8. The zero-order valence-electron chi connectivity index (χ0n) is 30.8. The van der Waals surface area contributed by atoms with Crippen LogP contribution in [0.1, 0.15) is 25.0 Å². The van der Waals surface area contributed by atoms with Crippen LogP contribution in [0.3, 0.4) is 0 Å². The molecular formula is C53H37NO. The molecule has 0 bridgehead atoms. The maximum atomic E-state index is 6.15. The maximum Gasteiger partial charge on any atom is 0.135 e. The zero-order chi connectivity index (χ0) is 36.7. The predicted molar refractivity (Wildman–Crippen MR) is 232 cm³/mol. The Morgan fingerprint density at radius 3 is 1.80 bits per heavy atom. The molecule has 1 aliphatic carbocycles. The lowest BCUT2D eigenvalue weighted by Gasteiger charge is -2.28. The number of hydrogen-bond acceptors (Lipinski definition) is 2. The zero-order valence-corrected chi connectivity index (χ0v) is 30.8. The fourth-order valence-corrected chi connectivity index (χ4v) is 8.98. The van der Waals surface area contributed by atoms with Crippen LogP contribution in [0.2, 0.25) is 0 Å². The van der Waals surface area contributed by atoms with Crippen LogP contribution in [0, 0.1) is 0 Å². The van der Waals surface area contributed by atoms with Crippen LogP contribution in [-0.4, -0.2) is 0 Å².